The number of carbonyl (C=O) groups is 1. The number of fused-ring (bicyclic) bond motifs is 1. The Balaban J connectivity index is 1.81. The summed E-state index contributed by atoms with van der Waals surface area (Å²) in [7, 11) is 0. The van der Waals surface area contributed by atoms with Crippen molar-refractivity contribution < 1.29 is 9.53 Å². The molecule has 26 heavy (non-hydrogen) atoms. The van der Waals surface area contributed by atoms with Gasteiger partial charge in [0.05, 0.1) is 0 Å². The second kappa shape index (κ2) is 6.87. The summed E-state index contributed by atoms with van der Waals surface area (Å²) < 4.78 is 7.05. The summed E-state index contributed by atoms with van der Waals surface area (Å²) in [6.45, 7) is 9.04. The van der Waals surface area contributed by atoms with E-state index in [2.05, 4.69) is 9.97 Å². The highest BCUT2D eigenvalue weighted by molar-refractivity contribution is 6.28. The SMILES string of the molecule is Cc1cc(=O)n(CC2CCN(C(=O)OC(C)(C)C)C2)c2nc(Cl)ncc12. The Hall–Kier alpha value is -2.15. The normalized spacial score (nSPS) is 17.7. The molecule has 1 fully saturated rings. The van der Waals surface area contributed by atoms with E-state index in [0.29, 0.717) is 25.3 Å². The third-order valence-corrected chi connectivity index (χ3v) is 4.59. The Bertz CT molecular complexity index is 904. The smallest absolute Gasteiger partial charge is 0.410 e. The summed E-state index contributed by atoms with van der Waals surface area (Å²) in [5.41, 5.74) is 0.707. The highest BCUT2D eigenvalue weighted by Gasteiger charge is 2.30. The first-order chi connectivity index (χ1) is 12.1. The topological polar surface area (TPSA) is 77.3 Å². The Morgan fingerprint density at radius 1 is 1.42 bits per heavy atom. The summed E-state index contributed by atoms with van der Waals surface area (Å²) >= 11 is 5.93. The van der Waals surface area contributed by atoms with E-state index in [4.69, 9.17) is 16.3 Å². The molecule has 2 aromatic rings. The lowest BCUT2D eigenvalue weighted by atomic mass is 10.1. The second-order valence-electron chi connectivity index (χ2n) is 7.73. The lowest BCUT2D eigenvalue weighted by molar-refractivity contribution is 0.0287. The minimum absolute atomic E-state index is 0.109. The van der Waals surface area contributed by atoms with Gasteiger partial charge in [0, 0.05) is 37.3 Å². The minimum Gasteiger partial charge on any atom is -0.444 e. The molecule has 0 N–H and O–H groups in total. The van der Waals surface area contributed by atoms with Crippen molar-refractivity contribution in [3.05, 3.63) is 33.5 Å². The van der Waals surface area contributed by atoms with E-state index < -0.39 is 5.60 Å². The second-order valence-corrected chi connectivity index (χ2v) is 8.07. The number of carbonyl (C=O) groups excluding carboxylic acids is 1. The van der Waals surface area contributed by atoms with Crippen LogP contribution in [0.25, 0.3) is 11.0 Å². The maximum Gasteiger partial charge on any atom is 0.410 e. The number of amides is 1. The summed E-state index contributed by atoms with van der Waals surface area (Å²) in [5.74, 6) is 0.153. The van der Waals surface area contributed by atoms with Crippen LogP contribution in [-0.2, 0) is 11.3 Å². The Labute approximate surface area is 156 Å². The lowest BCUT2D eigenvalue weighted by Gasteiger charge is -2.24. The number of pyridine rings is 1. The lowest BCUT2D eigenvalue weighted by Crippen LogP contribution is -2.36. The first-order valence-corrected chi connectivity index (χ1v) is 9.02. The number of aryl methyl sites for hydroxylation is 1. The number of aromatic nitrogens is 3. The zero-order valence-electron chi connectivity index (χ0n) is 15.5. The zero-order valence-corrected chi connectivity index (χ0v) is 16.2. The van der Waals surface area contributed by atoms with E-state index in [-0.39, 0.29) is 22.9 Å². The average molecular weight is 379 g/mol. The number of rotatable bonds is 2. The molecule has 0 saturated carbocycles. The van der Waals surface area contributed by atoms with Crippen LogP contribution in [-0.4, -0.2) is 44.2 Å². The van der Waals surface area contributed by atoms with Crippen molar-refractivity contribution in [3.63, 3.8) is 0 Å². The van der Waals surface area contributed by atoms with Crippen LogP contribution in [0.1, 0.15) is 32.8 Å². The van der Waals surface area contributed by atoms with Gasteiger partial charge in [-0.15, -0.1) is 0 Å². The van der Waals surface area contributed by atoms with Gasteiger partial charge >= 0.3 is 6.09 Å². The molecule has 0 bridgehead atoms. The molecule has 8 heteroatoms. The third kappa shape index (κ3) is 3.98. The van der Waals surface area contributed by atoms with Crippen LogP contribution in [0.15, 0.2) is 17.1 Å². The fourth-order valence-electron chi connectivity index (χ4n) is 3.19. The van der Waals surface area contributed by atoms with Gasteiger partial charge in [-0.25, -0.2) is 9.78 Å². The predicted octanol–water partition coefficient (Wildman–Crippen LogP) is 3.01. The standard InChI is InChI=1S/C18H23ClN4O3/c1-11-7-14(24)23(15-13(11)8-20-16(19)21-15)10-12-5-6-22(9-12)17(25)26-18(2,3)4/h7-8,12H,5-6,9-10H2,1-4H3. The summed E-state index contributed by atoms with van der Waals surface area (Å²) in [5, 5.41) is 0.911. The van der Waals surface area contributed by atoms with Gasteiger partial charge in [0.2, 0.25) is 5.28 Å². The van der Waals surface area contributed by atoms with Gasteiger partial charge in [0.1, 0.15) is 11.2 Å². The molecule has 0 aliphatic carbocycles. The number of hydrogen-bond donors (Lipinski definition) is 0. The third-order valence-electron chi connectivity index (χ3n) is 4.40. The van der Waals surface area contributed by atoms with Gasteiger partial charge in [-0.3, -0.25) is 9.36 Å². The van der Waals surface area contributed by atoms with Crippen LogP contribution in [0.2, 0.25) is 5.28 Å². The number of nitrogens with zero attached hydrogens (tertiary/aromatic N) is 4. The molecular formula is C18H23ClN4O3. The zero-order chi connectivity index (χ0) is 19.1. The molecule has 2 aromatic heterocycles. The average Bonchev–Trinajstić information content (AvgIpc) is 2.98. The molecule has 0 spiro atoms. The van der Waals surface area contributed by atoms with Crippen molar-refractivity contribution >= 4 is 28.7 Å². The quantitative estimate of drug-likeness (QED) is 0.750. The summed E-state index contributed by atoms with van der Waals surface area (Å²) in [6, 6.07) is 1.58. The van der Waals surface area contributed by atoms with Crippen LogP contribution in [0.4, 0.5) is 4.79 Å². The van der Waals surface area contributed by atoms with Gasteiger partial charge < -0.3 is 9.64 Å². The van der Waals surface area contributed by atoms with Crippen LogP contribution in [0, 0.1) is 12.8 Å². The fourth-order valence-corrected chi connectivity index (χ4v) is 3.32. The van der Waals surface area contributed by atoms with Crippen molar-refractivity contribution in [3.8, 4) is 0 Å². The van der Waals surface area contributed by atoms with Crippen LogP contribution in [0.3, 0.4) is 0 Å². The molecule has 1 atom stereocenters. The molecule has 1 saturated heterocycles. The van der Waals surface area contributed by atoms with E-state index in [1.807, 2.05) is 27.7 Å². The molecule has 0 radical (unpaired) electrons. The molecule has 3 rings (SSSR count). The number of likely N-dealkylation sites (tertiary alicyclic amines) is 1. The van der Waals surface area contributed by atoms with Crippen molar-refractivity contribution in [2.75, 3.05) is 13.1 Å². The van der Waals surface area contributed by atoms with E-state index in [1.54, 1.807) is 21.7 Å². The Kier molecular flexibility index (Phi) is 4.92. The summed E-state index contributed by atoms with van der Waals surface area (Å²) in [4.78, 5) is 34.7. The van der Waals surface area contributed by atoms with Crippen molar-refractivity contribution in [2.45, 2.75) is 46.3 Å². The maximum absolute atomic E-state index is 12.5. The van der Waals surface area contributed by atoms with E-state index in [9.17, 15) is 9.59 Å². The molecule has 0 aromatic carbocycles. The maximum atomic E-state index is 12.5. The molecule has 1 amide bonds. The number of hydrogen-bond acceptors (Lipinski definition) is 5. The molecule has 1 unspecified atom stereocenters. The first kappa shape index (κ1) is 18.6. The monoisotopic (exact) mass is 378 g/mol. The largest absolute Gasteiger partial charge is 0.444 e. The van der Waals surface area contributed by atoms with Gasteiger partial charge in [0.15, 0.2) is 0 Å². The predicted molar refractivity (Wildman–Crippen MR) is 99.5 cm³/mol. The van der Waals surface area contributed by atoms with E-state index >= 15 is 0 Å². The van der Waals surface area contributed by atoms with Gasteiger partial charge in [-0.05, 0) is 57.2 Å². The highest BCUT2D eigenvalue weighted by atomic mass is 35.5. The van der Waals surface area contributed by atoms with Crippen molar-refractivity contribution in [1.82, 2.24) is 19.4 Å². The Morgan fingerprint density at radius 3 is 2.85 bits per heavy atom. The van der Waals surface area contributed by atoms with E-state index in [0.717, 1.165) is 17.4 Å². The molecule has 7 nitrogen and oxygen atoms in total. The molecule has 1 aliphatic rings. The molecule has 140 valence electrons. The van der Waals surface area contributed by atoms with Crippen LogP contribution >= 0.6 is 11.6 Å². The van der Waals surface area contributed by atoms with Gasteiger partial charge in [-0.2, -0.15) is 4.98 Å². The Morgan fingerprint density at radius 2 is 2.15 bits per heavy atom. The van der Waals surface area contributed by atoms with Crippen LogP contribution < -0.4 is 5.56 Å². The molecule has 1 aliphatic heterocycles. The molecular weight excluding hydrogens is 356 g/mol. The van der Waals surface area contributed by atoms with Gasteiger partial charge in [-0.1, -0.05) is 0 Å². The van der Waals surface area contributed by atoms with Crippen LogP contribution in [0.5, 0.6) is 0 Å². The van der Waals surface area contributed by atoms with Gasteiger partial charge in [0.25, 0.3) is 5.56 Å². The highest BCUT2D eigenvalue weighted by Crippen LogP contribution is 2.22. The van der Waals surface area contributed by atoms with Crippen molar-refractivity contribution in [2.24, 2.45) is 5.92 Å². The van der Waals surface area contributed by atoms with E-state index in [1.165, 1.54) is 0 Å². The fraction of sp³-hybridized carbons (Fsp3) is 0.556. The summed E-state index contributed by atoms with van der Waals surface area (Å²) in [6.07, 6.45) is 2.13. The minimum atomic E-state index is -0.521. The first-order valence-electron chi connectivity index (χ1n) is 8.64. The molecule has 3 heterocycles. The number of halogens is 1. The van der Waals surface area contributed by atoms with Crippen molar-refractivity contribution in [1.29, 1.82) is 0 Å². The number of ether oxygens (including phenoxy) is 1.